The van der Waals surface area contributed by atoms with Gasteiger partial charge in [-0.15, -0.1) is 0 Å². The Kier molecular flexibility index (Phi) is 6.50. The predicted octanol–water partition coefficient (Wildman–Crippen LogP) is 2.20. The lowest BCUT2D eigenvalue weighted by Gasteiger charge is -2.22. The summed E-state index contributed by atoms with van der Waals surface area (Å²) in [6.07, 6.45) is 0. The van der Waals surface area contributed by atoms with E-state index >= 15 is 0 Å². The molecule has 2 aromatic rings. The Labute approximate surface area is 157 Å². The molecule has 6 nitrogen and oxygen atoms in total. The van der Waals surface area contributed by atoms with Crippen LogP contribution in [0.15, 0.2) is 35.1 Å². The highest BCUT2D eigenvalue weighted by Gasteiger charge is 2.25. The lowest BCUT2D eigenvalue weighted by atomic mass is 10.0. The molecule has 1 aromatic carbocycles. The number of aryl methyl sites for hydroxylation is 2. The van der Waals surface area contributed by atoms with E-state index in [9.17, 15) is 18.8 Å². The van der Waals surface area contributed by atoms with Crippen LogP contribution in [0.1, 0.15) is 41.0 Å². The van der Waals surface area contributed by atoms with Gasteiger partial charge in [-0.2, -0.15) is 0 Å². The van der Waals surface area contributed by atoms with E-state index in [0.29, 0.717) is 5.56 Å². The summed E-state index contributed by atoms with van der Waals surface area (Å²) in [5.41, 5.74) is 1.58. The van der Waals surface area contributed by atoms with Gasteiger partial charge in [-0.1, -0.05) is 26.0 Å². The molecular weight excluding hydrogens is 349 g/mol. The number of amides is 2. The van der Waals surface area contributed by atoms with Crippen LogP contribution in [0.3, 0.4) is 0 Å². The Hall–Kier alpha value is -2.96. The van der Waals surface area contributed by atoms with Crippen LogP contribution < -0.4 is 16.2 Å². The molecule has 0 saturated carbocycles. The van der Waals surface area contributed by atoms with Crippen LogP contribution in [0.5, 0.6) is 0 Å². The Morgan fingerprint density at radius 3 is 2.44 bits per heavy atom. The molecule has 0 radical (unpaired) electrons. The SMILES string of the molecule is Cc1cc(C)c(CNC(=O)[C@@H](NC(=O)c2ccccc2F)C(C)C)c(=O)[nH]1. The third-order valence-corrected chi connectivity index (χ3v) is 4.29. The molecule has 0 spiro atoms. The molecule has 1 aromatic heterocycles. The molecule has 0 aliphatic rings. The summed E-state index contributed by atoms with van der Waals surface area (Å²) in [5.74, 6) is -1.97. The van der Waals surface area contributed by atoms with Crippen molar-refractivity contribution in [1.82, 2.24) is 15.6 Å². The maximum Gasteiger partial charge on any atom is 0.254 e. The van der Waals surface area contributed by atoms with Crippen molar-refractivity contribution in [2.45, 2.75) is 40.3 Å². The summed E-state index contributed by atoms with van der Waals surface area (Å²) >= 11 is 0. The Bertz CT molecular complexity index is 906. The largest absolute Gasteiger partial charge is 0.350 e. The average Bonchev–Trinajstić information content (AvgIpc) is 2.58. The van der Waals surface area contributed by atoms with Crippen LogP contribution in [0.2, 0.25) is 0 Å². The molecule has 0 saturated heterocycles. The molecule has 1 atom stereocenters. The minimum Gasteiger partial charge on any atom is -0.350 e. The first-order valence-electron chi connectivity index (χ1n) is 8.73. The fourth-order valence-corrected chi connectivity index (χ4v) is 2.79. The summed E-state index contributed by atoms with van der Waals surface area (Å²) in [6.45, 7) is 7.16. The molecule has 0 aliphatic heterocycles. The third-order valence-electron chi connectivity index (χ3n) is 4.29. The maximum atomic E-state index is 13.8. The lowest BCUT2D eigenvalue weighted by molar-refractivity contribution is -0.124. The quantitative estimate of drug-likeness (QED) is 0.725. The van der Waals surface area contributed by atoms with Gasteiger partial charge in [-0.3, -0.25) is 14.4 Å². The van der Waals surface area contributed by atoms with Gasteiger partial charge in [0.25, 0.3) is 11.5 Å². The number of carbonyl (C=O) groups excluding carboxylic acids is 2. The number of H-pyrrole nitrogens is 1. The second kappa shape index (κ2) is 8.62. The number of pyridine rings is 1. The number of halogens is 1. The van der Waals surface area contributed by atoms with Crippen LogP contribution in [-0.2, 0) is 11.3 Å². The molecule has 0 aliphatic carbocycles. The van der Waals surface area contributed by atoms with Crippen molar-refractivity contribution in [2.75, 3.05) is 0 Å². The molecule has 0 unspecified atom stereocenters. The fraction of sp³-hybridized carbons (Fsp3) is 0.350. The summed E-state index contributed by atoms with van der Waals surface area (Å²) < 4.78 is 13.8. The summed E-state index contributed by atoms with van der Waals surface area (Å²) in [7, 11) is 0. The number of hydrogen-bond acceptors (Lipinski definition) is 3. The second-order valence-electron chi connectivity index (χ2n) is 6.84. The molecule has 2 amide bonds. The number of rotatable bonds is 6. The maximum absolute atomic E-state index is 13.8. The molecule has 144 valence electrons. The average molecular weight is 373 g/mol. The van der Waals surface area contributed by atoms with Crippen molar-refractivity contribution >= 4 is 11.8 Å². The summed E-state index contributed by atoms with van der Waals surface area (Å²) in [6, 6.07) is 6.54. The molecule has 27 heavy (non-hydrogen) atoms. The van der Waals surface area contributed by atoms with Gasteiger partial charge in [0, 0.05) is 17.8 Å². The van der Waals surface area contributed by atoms with Gasteiger partial charge in [0.15, 0.2) is 0 Å². The predicted molar refractivity (Wildman–Crippen MR) is 101 cm³/mol. The van der Waals surface area contributed by atoms with Crippen molar-refractivity contribution in [2.24, 2.45) is 5.92 Å². The normalized spacial score (nSPS) is 11.9. The van der Waals surface area contributed by atoms with E-state index < -0.39 is 23.7 Å². The Balaban J connectivity index is 2.11. The van der Waals surface area contributed by atoms with E-state index in [1.807, 2.05) is 6.07 Å². The first kappa shape index (κ1) is 20.4. The van der Waals surface area contributed by atoms with E-state index in [0.717, 1.165) is 11.3 Å². The number of hydrogen-bond donors (Lipinski definition) is 3. The zero-order chi connectivity index (χ0) is 20.1. The Morgan fingerprint density at radius 1 is 1.19 bits per heavy atom. The Morgan fingerprint density at radius 2 is 1.85 bits per heavy atom. The van der Waals surface area contributed by atoms with Gasteiger partial charge in [-0.05, 0) is 43.5 Å². The topological polar surface area (TPSA) is 91.1 Å². The molecule has 2 rings (SSSR count). The minimum absolute atomic E-state index is 0.0407. The smallest absolute Gasteiger partial charge is 0.254 e. The molecule has 3 N–H and O–H groups in total. The molecule has 7 heteroatoms. The highest BCUT2D eigenvalue weighted by atomic mass is 19.1. The van der Waals surface area contributed by atoms with Gasteiger partial charge >= 0.3 is 0 Å². The zero-order valence-electron chi connectivity index (χ0n) is 15.9. The molecule has 0 fully saturated rings. The van der Waals surface area contributed by atoms with Gasteiger partial charge < -0.3 is 15.6 Å². The van der Waals surface area contributed by atoms with E-state index in [-0.39, 0.29) is 23.6 Å². The van der Waals surface area contributed by atoms with Crippen molar-refractivity contribution in [3.05, 3.63) is 68.9 Å². The van der Waals surface area contributed by atoms with Gasteiger partial charge in [0.05, 0.1) is 5.56 Å². The second-order valence-corrected chi connectivity index (χ2v) is 6.84. The van der Waals surface area contributed by atoms with E-state index in [1.165, 1.54) is 18.2 Å². The molecular formula is C20H24FN3O3. The standard InChI is InChI=1S/C20H24FN3O3/c1-11(2)17(24-18(25)14-7-5-6-8-16(14)21)20(27)22-10-15-12(3)9-13(4)23-19(15)26/h5-9,11,17H,10H2,1-4H3,(H,22,27)(H,23,26)(H,24,25)/t17-/m0/s1. The number of nitrogens with one attached hydrogen (secondary N) is 3. The van der Waals surface area contributed by atoms with Crippen molar-refractivity contribution in [1.29, 1.82) is 0 Å². The third kappa shape index (κ3) is 5.03. The van der Waals surface area contributed by atoms with Crippen molar-refractivity contribution < 1.29 is 14.0 Å². The monoisotopic (exact) mass is 373 g/mol. The van der Waals surface area contributed by atoms with Crippen LogP contribution in [0.4, 0.5) is 4.39 Å². The van der Waals surface area contributed by atoms with Crippen LogP contribution in [0, 0.1) is 25.6 Å². The summed E-state index contributed by atoms with van der Waals surface area (Å²) in [4.78, 5) is 39.6. The number of carbonyl (C=O) groups is 2. The molecule has 0 bridgehead atoms. The van der Waals surface area contributed by atoms with E-state index in [2.05, 4.69) is 15.6 Å². The minimum atomic E-state index is -0.859. The van der Waals surface area contributed by atoms with Crippen LogP contribution >= 0.6 is 0 Å². The lowest BCUT2D eigenvalue weighted by Crippen LogP contribution is -2.50. The first-order valence-corrected chi connectivity index (χ1v) is 8.73. The van der Waals surface area contributed by atoms with Gasteiger partial charge in [-0.25, -0.2) is 4.39 Å². The summed E-state index contributed by atoms with van der Waals surface area (Å²) in [5, 5.41) is 5.26. The zero-order valence-corrected chi connectivity index (χ0v) is 15.9. The van der Waals surface area contributed by atoms with Crippen LogP contribution in [0.25, 0.3) is 0 Å². The number of aromatic amines is 1. The van der Waals surface area contributed by atoms with Gasteiger partial charge in [0.2, 0.25) is 5.91 Å². The molecule has 1 heterocycles. The van der Waals surface area contributed by atoms with Crippen molar-refractivity contribution in [3.8, 4) is 0 Å². The number of benzene rings is 1. The van der Waals surface area contributed by atoms with Gasteiger partial charge in [0.1, 0.15) is 11.9 Å². The van der Waals surface area contributed by atoms with Crippen LogP contribution in [-0.4, -0.2) is 22.8 Å². The fourth-order valence-electron chi connectivity index (χ4n) is 2.79. The highest BCUT2D eigenvalue weighted by molar-refractivity contribution is 5.97. The highest BCUT2D eigenvalue weighted by Crippen LogP contribution is 2.09. The van der Waals surface area contributed by atoms with E-state index in [1.54, 1.807) is 33.8 Å². The first-order chi connectivity index (χ1) is 12.7. The van der Waals surface area contributed by atoms with Crippen molar-refractivity contribution in [3.63, 3.8) is 0 Å². The van der Waals surface area contributed by atoms with E-state index in [4.69, 9.17) is 0 Å². The number of aromatic nitrogens is 1.